The van der Waals surface area contributed by atoms with E-state index in [1.165, 1.54) is 0 Å². The van der Waals surface area contributed by atoms with Gasteiger partial charge in [0.05, 0.1) is 22.6 Å². The van der Waals surface area contributed by atoms with Gasteiger partial charge in [0.1, 0.15) is 0 Å². The molecule has 0 bridgehead atoms. The third-order valence-corrected chi connectivity index (χ3v) is 3.56. The zero-order chi connectivity index (χ0) is 12.3. The lowest BCUT2D eigenvalue weighted by atomic mass is 10.0. The fraction of sp³-hybridized carbons (Fsp3) is 0.231. The van der Waals surface area contributed by atoms with Gasteiger partial charge >= 0.3 is 0 Å². The van der Waals surface area contributed by atoms with Crippen molar-refractivity contribution in [2.75, 3.05) is 7.05 Å². The van der Waals surface area contributed by atoms with Crippen LogP contribution in [0.3, 0.4) is 0 Å². The van der Waals surface area contributed by atoms with Crippen molar-refractivity contribution in [3.63, 3.8) is 0 Å². The maximum absolute atomic E-state index is 6.21. The van der Waals surface area contributed by atoms with E-state index in [0.29, 0.717) is 10.0 Å². The van der Waals surface area contributed by atoms with Gasteiger partial charge in [-0.25, -0.2) is 0 Å². The second kappa shape index (κ2) is 5.58. The van der Waals surface area contributed by atoms with E-state index < -0.39 is 0 Å². The first-order chi connectivity index (χ1) is 8.22. The Kier molecular flexibility index (Phi) is 4.11. The van der Waals surface area contributed by atoms with Crippen LogP contribution < -0.4 is 5.32 Å². The van der Waals surface area contributed by atoms with Gasteiger partial charge in [-0.2, -0.15) is 0 Å². The smallest absolute Gasteiger partial charge is 0.0935 e. The molecule has 0 fully saturated rings. The van der Waals surface area contributed by atoms with Crippen LogP contribution >= 0.6 is 23.2 Å². The van der Waals surface area contributed by atoms with Crippen LogP contribution in [-0.4, -0.2) is 7.05 Å². The molecular weight excluding hydrogens is 257 g/mol. The highest BCUT2D eigenvalue weighted by Crippen LogP contribution is 2.31. The van der Waals surface area contributed by atoms with Gasteiger partial charge in [0.25, 0.3) is 0 Å². The minimum absolute atomic E-state index is 0.124. The predicted molar refractivity (Wildman–Crippen MR) is 70.7 cm³/mol. The average molecular weight is 270 g/mol. The summed E-state index contributed by atoms with van der Waals surface area (Å²) >= 11 is 12.2. The molecule has 2 aromatic rings. The second-order valence-electron chi connectivity index (χ2n) is 3.82. The van der Waals surface area contributed by atoms with E-state index in [4.69, 9.17) is 27.6 Å². The summed E-state index contributed by atoms with van der Waals surface area (Å²) in [7, 11) is 1.90. The normalized spacial score (nSPS) is 12.6. The Morgan fingerprint density at radius 1 is 1.29 bits per heavy atom. The number of hydrogen-bond acceptors (Lipinski definition) is 2. The number of furan rings is 1. The Labute approximate surface area is 111 Å². The molecule has 0 aliphatic heterocycles. The standard InChI is InChI=1S/C13H13Cl2NO/c1-16-12(7-9-5-6-17-8-9)10-3-2-4-11(14)13(10)15/h2-6,8,12,16H,7H2,1H3. The van der Waals surface area contributed by atoms with Gasteiger partial charge in [0.15, 0.2) is 0 Å². The summed E-state index contributed by atoms with van der Waals surface area (Å²) in [5.41, 5.74) is 2.13. The van der Waals surface area contributed by atoms with Crippen molar-refractivity contribution < 1.29 is 4.42 Å². The molecule has 1 unspecified atom stereocenters. The summed E-state index contributed by atoms with van der Waals surface area (Å²) in [6, 6.07) is 7.75. The molecule has 1 atom stereocenters. The average Bonchev–Trinajstić information content (AvgIpc) is 2.83. The van der Waals surface area contributed by atoms with E-state index in [9.17, 15) is 0 Å². The topological polar surface area (TPSA) is 25.2 Å². The molecule has 0 aliphatic carbocycles. The fourth-order valence-electron chi connectivity index (χ4n) is 1.80. The monoisotopic (exact) mass is 269 g/mol. The van der Waals surface area contributed by atoms with E-state index >= 15 is 0 Å². The van der Waals surface area contributed by atoms with Gasteiger partial charge in [0, 0.05) is 6.04 Å². The molecule has 17 heavy (non-hydrogen) atoms. The van der Waals surface area contributed by atoms with Crippen LogP contribution in [0, 0.1) is 0 Å². The molecule has 1 heterocycles. The van der Waals surface area contributed by atoms with Crippen LogP contribution in [0.2, 0.25) is 10.0 Å². The highest BCUT2D eigenvalue weighted by molar-refractivity contribution is 6.42. The molecule has 0 spiro atoms. The second-order valence-corrected chi connectivity index (χ2v) is 4.61. The Morgan fingerprint density at radius 2 is 2.12 bits per heavy atom. The third kappa shape index (κ3) is 2.83. The molecule has 0 amide bonds. The van der Waals surface area contributed by atoms with Gasteiger partial charge in [-0.05, 0) is 36.7 Å². The molecule has 1 aromatic heterocycles. The van der Waals surface area contributed by atoms with Crippen LogP contribution in [0.1, 0.15) is 17.2 Å². The highest BCUT2D eigenvalue weighted by atomic mass is 35.5. The first kappa shape index (κ1) is 12.5. The fourth-order valence-corrected chi connectivity index (χ4v) is 2.24. The lowest BCUT2D eigenvalue weighted by molar-refractivity contribution is 0.552. The molecule has 90 valence electrons. The number of nitrogens with one attached hydrogen (secondary N) is 1. The van der Waals surface area contributed by atoms with Crippen LogP contribution in [0.15, 0.2) is 41.2 Å². The number of benzene rings is 1. The minimum atomic E-state index is 0.124. The van der Waals surface area contributed by atoms with Crippen LogP contribution in [0.5, 0.6) is 0 Å². The SMILES string of the molecule is CNC(Cc1ccoc1)c1cccc(Cl)c1Cl. The summed E-state index contributed by atoms with van der Waals surface area (Å²) in [6.45, 7) is 0. The van der Waals surface area contributed by atoms with Gasteiger partial charge in [-0.1, -0.05) is 35.3 Å². The molecule has 0 saturated carbocycles. The maximum Gasteiger partial charge on any atom is 0.0935 e. The first-order valence-corrected chi connectivity index (χ1v) is 6.10. The van der Waals surface area contributed by atoms with E-state index in [1.54, 1.807) is 18.6 Å². The van der Waals surface area contributed by atoms with Gasteiger partial charge in [0.2, 0.25) is 0 Å². The Hall–Kier alpha value is -0.960. The van der Waals surface area contributed by atoms with Crippen molar-refractivity contribution in [1.29, 1.82) is 0 Å². The maximum atomic E-state index is 6.21. The van der Waals surface area contributed by atoms with Crippen molar-refractivity contribution in [3.8, 4) is 0 Å². The number of hydrogen-bond donors (Lipinski definition) is 1. The lowest BCUT2D eigenvalue weighted by Gasteiger charge is -2.17. The van der Waals surface area contributed by atoms with Crippen molar-refractivity contribution >= 4 is 23.2 Å². The van der Waals surface area contributed by atoms with Crippen LogP contribution in [0.25, 0.3) is 0 Å². The molecule has 0 radical (unpaired) electrons. The van der Waals surface area contributed by atoms with Crippen molar-refractivity contribution in [3.05, 3.63) is 58.0 Å². The molecule has 1 N–H and O–H groups in total. The first-order valence-electron chi connectivity index (χ1n) is 5.34. The summed E-state index contributed by atoms with van der Waals surface area (Å²) in [6.07, 6.45) is 4.22. The van der Waals surface area contributed by atoms with Crippen molar-refractivity contribution in [2.45, 2.75) is 12.5 Å². The zero-order valence-electron chi connectivity index (χ0n) is 9.41. The van der Waals surface area contributed by atoms with E-state index in [1.807, 2.05) is 25.2 Å². The molecule has 4 heteroatoms. The quantitative estimate of drug-likeness (QED) is 0.905. The third-order valence-electron chi connectivity index (χ3n) is 2.73. The largest absolute Gasteiger partial charge is 0.472 e. The predicted octanol–water partition coefficient (Wildman–Crippen LogP) is 4.09. The molecular formula is C13H13Cl2NO. The molecule has 0 saturated heterocycles. The van der Waals surface area contributed by atoms with Gasteiger partial charge < -0.3 is 9.73 Å². The molecule has 2 rings (SSSR count). The number of halogens is 2. The summed E-state index contributed by atoms with van der Waals surface area (Å²) in [5.74, 6) is 0. The van der Waals surface area contributed by atoms with Crippen molar-refractivity contribution in [1.82, 2.24) is 5.32 Å². The van der Waals surface area contributed by atoms with Gasteiger partial charge in [-0.3, -0.25) is 0 Å². The molecule has 2 nitrogen and oxygen atoms in total. The van der Waals surface area contributed by atoms with E-state index in [0.717, 1.165) is 17.5 Å². The lowest BCUT2D eigenvalue weighted by Crippen LogP contribution is -2.19. The Balaban J connectivity index is 2.26. The summed E-state index contributed by atoms with van der Waals surface area (Å²) in [4.78, 5) is 0. The molecule has 1 aromatic carbocycles. The highest BCUT2D eigenvalue weighted by Gasteiger charge is 2.15. The minimum Gasteiger partial charge on any atom is -0.472 e. The Bertz CT molecular complexity index is 482. The van der Waals surface area contributed by atoms with Crippen LogP contribution in [-0.2, 0) is 6.42 Å². The number of likely N-dealkylation sites (N-methyl/N-ethyl adjacent to an activating group) is 1. The Morgan fingerprint density at radius 3 is 2.76 bits per heavy atom. The molecule has 0 aliphatic rings. The zero-order valence-corrected chi connectivity index (χ0v) is 10.9. The number of rotatable bonds is 4. The summed E-state index contributed by atoms with van der Waals surface area (Å²) in [5, 5.41) is 4.43. The summed E-state index contributed by atoms with van der Waals surface area (Å²) < 4.78 is 5.06. The van der Waals surface area contributed by atoms with E-state index in [2.05, 4.69) is 5.32 Å². The van der Waals surface area contributed by atoms with Crippen molar-refractivity contribution in [2.24, 2.45) is 0 Å². The van der Waals surface area contributed by atoms with Gasteiger partial charge in [-0.15, -0.1) is 0 Å². The van der Waals surface area contributed by atoms with Crippen LogP contribution in [0.4, 0.5) is 0 Å². The van der Waals surface area contributed by atoms with E-state index in [-0.39, 0.29) is 6.04 Å².